The van der Waals surface area contributed by atoms with Gasteiger partial charge in [-0.2, -0.15) is 0 Å². The molecule has 18 heavy (non-hydrogen) atoms. The molecule has 1 saturated heterocycles. The van der Waals surface area contributed by atoms with Crippen molar-refractivity contribution in [2.45, 2.75) is 51.1 Å². The first kappa shape index (κ1) is 12.5. The lowest BCUT2D eigenvalue weighted by atomic mass is 10.0. The van der Waals surface area contributed by atoms with Crippen LogP contribution < -0.4 is 5.32 Å². The average molecular weight is 280 g/mol. The van der Waals surface area contributed by atoms with Crippen LogP contribution in [0.4, 0.5) is 0 Å². The molecule has 98 valence electrons. The Morgan fingerprint density at radius 2 is 2.06 bits per heavy atom. The van der Waals surface area contributed by atoms with Gasteiger partial charge in [0.25, 0.3) is 0 Å². The van der Waals surface area contributed by atoms with Crippen LogP contribution in [-0.4, -0.2) is 16.5 Å². The van der Waals surface area contributed by atoms with Crippen molar-refractivity contribution in [2.75, 3.05) is 5.75 Å². The van der Waals surface area contributed by atoms with Gasteiger partial charge in [0.2, 0.25) is 0 Å². The molecule has 0 unspecified atom stereocenters. The molecule has 1 saturated carbocycles. The summed E-state index contributed by atoms with van der Waals surface area (Å²) in [6.45, 7) is 3.05. The monoisotopic (exact) mass is 280 g/mol. The molecule has 1 N–H and O–H groups in total. The fourth-order valence-electron chi connectivity index (χ4n) is 2.76. The lowest BCUT2D eigenvalue weighted by Crippen LogP contribution is -2.40. The van der Waals surface area contributed by atoms with E-state index in [0.717, 1.165) is 13.0 Å². The molecule has 0 amide bonds. The van der Waals surface area contributed by atoms with Crippen molar-refractivity contribution >= 4 is 28.3 Å². The molecule has 0 atom stereocenters. The molecule has 0 bridgehead atoms. The number of thiophene rings is 1. The number of nitrogens with zero attached hydrogens (tertiary/aromatic N) is 1. The number of thioether (sulfide) groups is 1. The van der Waals surface area contributed by atoms with Crippen molar-refractivity contribution < 1.29 is 0 Å². The first-order valence-corrected chi connectivity index (χ1v) is 8.63. The lowest BCUT2D eigenvalue weighted by Gasteiger charge is -2.21. The predicted molar refractivity (Wildman–Crippen MR) is 81.6 cm³/mol. The van der Waals surface area contributed by atoms with Crippen LogP contribution in [0.2, 0.25) is 0 Å². The zero-order valence-electron chi connectivity index (χ0n) is 10.9. The van der Waals surface area contributed by atoms with E-state index in [4.69, 9.17) is 4.99 Å². The van der Waals surface area contributed by atoms with E-state index in [1.165, 1.54) is 46.4 Å². The summed E-state index contributed by atoms with van der Waals surface area (Å²) in [5.74, 6) is 1.22. The highest BCUT2D eigenvalue weighted by atomic mass is 32.2. The van der Waals surface area contributed by atoms with Gasteiger partial charge in [-0.05, 0) is 31.4 Å². The van der Waals surface area contributed by atoms with E-state index in [9.17, 15) is 0 Å². The van der Waals surface area contributed by atoms with Crippen LogP contribution in [0.1, 0.15) is 42.4 Å². The number of hydrogen-bond donors (Lipinski definition) is 1. The third kappa shape index (κ3) is 2.59. The molecule has 1 aliphatic heterocycles. The van der Waals surface area contributed by atoms with E-state index >= 15 is 0 Å². The van der Waals surface area contributed by atoms with Gasteiger partial charge < -0.3 is 5.32 Å². The Morgan fingerprint density at radius 1 is 1.28 bits per heavy atom. The van der Waals surface area contributed by atoms with Crippen LogP contribution in [0.25, 0.3) is 0 Å². The summed E-state index contributed by atoms with van der Waals surface area (Å²) in [7, 11) is 0. The van der Waals surface area contributed by atoms with Gasteiger partial charge in [0.15, 0.2) is 5.17 Å². The zero-order chi connectivity index (χ0) is 12.4. The maximum absolute atomic E-state index is 4.74. The van der Waals surface area contributed by atoms with E-state index in [1.807, 2.05) is 23.1 Å². The minimum atomic E-state index is 0.396. The Balaban J connectivity index is 1.60. The lowest BCUT2D eigenvalue weighted by molar-refractivity contribution is 0.452. The largest absolute Gasteiger partial charge is 0.359 e. The number of amidine groups is 1. The fraction of sp³-hybridized carbons (Fsp3) is 0.643. The Bertz CT molecular complexity index is 444. The molecule has 2 nitrogen and oxygen atoms in total. The van der Waals surface area contributed by atoms with Crippen LogP contribution in [-0.2, 0) is 13.0 Å². The standard InChI is InChI=1S/C14H20N2S2/c1-2-11-5-6-12(18-11)9-15-13-16-14(10-17-13)7-3-4-8-14/h5-6H,2-4,7-10H2,1H3,(H,15,16). The second-order valence-corrected chi connectivity index (χ2v) is 7.46. The first-order chi connectivity index (χ1) is 8.80. The SMILES string of the molecule is CCc1ccc(CN=C2NC3(CCCC3)CS2)s1. The Hall–Kier alpha value is -0.480. The van der Waals surface area contributed by atoms with E-state index in [-0.39, 0.29) is 0 Å². The summed E-state index contributed by atoms with van der Waals surface area (Å²) >= 11 is 3.81. The number of nitrogens with one attached hydrogen (secondary N) is 1. The molecule has 2 fully saturated rings. The second-order valence-electron chi connectivity index (χ2n) is 5.24. The van der Waals surface area contributed by atoms with Crippen molar-refractivity contribution in [1.82, 2.24) is 5.32 Å². The number of rotatable bonds is 3. The normalized spacial score (nSPS) is 23.9. The average Bonchev–Trinajstić information content (AvgIpc) is 3.10. The smallest absolute Gasteiger partial charge is 0.157 e. The van der Waals surface area contributed by atoms with Gasteiger partial charge >= 0.3 is 0 Å². The van der Waals surface area contributed by atoms with Crippen molar-refractivity contribution in [1.29, 1.82) is 0 Å². The highest BCUT2D eigenvalue weighted by Crippen LogP contribution is 2.37. The van der Waals surface area contributed by atoms with E-state index in [2.05, 4.69) is 24.4 Å². The van der Waals surface area contributed by atoms with Gasteiger partial charge in [-0.1, -0.05) is 31.5 Å². The van der Waals surface area contributed by atoms with E-state index in [0.29, 0.717) is 5.54 Å². The van der Waals surface area contributed by atoms with Crippen molar-refractivity contribution in [3.8, 4) is 0 Å². The predicted octanol–water partition coefficient (Wildman–Crippen LogP) is 3.82. The van der Waals surface area contributed by atoms with Gasteiger partial charge in [0.1, 0.15) is 0 Å². The molecular weight excluding hydrogens is 260 g/mol. The maximum Gasteiger partial charge on any atom is 0.157 e. The summed E-state index contributed by atoms with van der Waals surface area (Å²) in [5, 5.41) is 4.84. The molecule has 1 aliphatic carbocycles. The van der Waals surface area contributed by atoms with Gasteiger partial charge in [0, 0.05) is 21.0 Å². The van der Waals surface area contributed by atoms with Crippen molar-refractivity contribution in [2.24, 2.45) is 4.99 Å². The zero-order valence-corrected chi connectivity index (χ0v) is 12.5. The van der Waals surface area contributed by atoms with E-state index < -0.39 is 0 Å². The van der Waals surface area contributed by atoms with Gasteiger partial charge in [-0.15, -0.1) is 11.3 Å². The summed E-state index contributed by atoms with van der Waals surface area (Å²) in [4.78, 5) is 7.58. The minimum absolute atomic E-state index is 0.396. The van der Waals surface area contributed by atoms with Crippen LogP contribution in [0.5, 0.6) is 0 Å². The highest BCUT2D eigenvalue weighted by molar-refractivity contribution is 8.14. The molecule has 3 rings (SSSR count). The molecule has 2 aliphatic rings. The summed E-state index contributed by atoms with van der Waals surface area (Å²) in [5.41, 5.74) is 0.396. The maximum atomic E-state index is 4.74. The van der Waals surface area contributed by atoms with Gasteiger partial charge in [-0.25, -0.2) is 0 Å². The van der Waals surface area contributed by atoms with Crippen LogP contribution in [0.3, 0.4) is 0 Å². The second kappa shape index (κ2) is 5.25. The molecule has 1 spiro atoms. The van der Waals surface area contributed by atoms with Crippen LogP contribution >= 0.6 is 23.1 Å². The Labute approximate surface area is 117 Å². The summed E-state index contributed by atoms with van der Waals surface area (Å²) < 4.78 is 0. The molecule has 1 aromatic rings. The van der Waals surface area contributed by atoms with Crippen molar-refractivity contribution in [3.63, 3.8) is 0 Å². The van der Waals surface area contributed by atoms with Gasteiger partial charge in [0.05, 0.1) is 6.54 Å². The van der Waals surface area contributed by atoms with Crippen LogP contribution in [0, 0.1) is 0 Å². The molecule has 0 aromatic carbocycles. The molecular formula is C14H20N2S2. The number of aliphatic imine (C=N–C) groups is 1. The summed E-state index contributed by atoms with van der Waals surface area (Å²) in [6, 6.07) is 4.45. The fourth-order valence-corrected chi connectivity index (χ4v) is 4.86. The molecule has 2 heterocycles. The Kier molecular flexibility index (Phi) is 3.66. The van der Waals surface area contributed by atoms with Crippen LogP contribution in [0.15, 0.2) is 17.1 Å². The number of aryl methyl sites for hydroxylation is 1. The Morgan fingerprint density at radius 3 is 2.78 bits per heavy atom. The number of hydrogen-bond acceptors (Lipinski definition) is 3. The van der Waals surface area contributed by atoms with Crippen molar-refractivity contribution in [3.05, 3.63) is 21.9 Å². The topological polar surface area (TPSA) is 24.4 Å². The molecule has 0 radical (unpaired) electrons. The summed E-state index contributed by atoms with van der Waals surface area (Å²) in [6.07, 6.45) is 6.56. The van der Waals surface area contributed by atoms with E-state index in [1.54, 1.807) is 0 Å². The third-order valence-corrected chi connectivity index (χ3v) is 6.28. The van der Waals surface area contributed by atoms with Gasteiger partial charge in [-0.3, -0.25) is 4.99 Å². The highest BCUT2D eigenvalue weighted by Gasteiger charge is 2.39. The minimum Gasteiger partial charge on any atom is -0.359 e. The first-order valence-electron chi connectivity index (χ1n) is 6.83. The third-order valence-electron chi connectivity index (χ3n) is 3.86. The molecule has 1 aromatic heterocycles. The quantitative estimate of drug-likeness (QED) is 0.910. The molecule has 4 heteroatoms.